The van der Waals surface area contributed by atoms with E-state index in [9.17, 15) is 8.42 Å². The Kier molecular flexibility index (Phi) is 4.05. The predicted octanol–water partition coefficient (Wildman–Crippen LogP) is 0.210. The number of benzene rings is 1. The Bertz CT molecular complexity index is 569. The van der Waals surface area contributed by atoms with Gasteiger partial charge in [0.15, 0.2) is 0 Å². The fourth-order valence-corrected chi connectivity index (χ4v) is 2.18. The van der Waals surface area contributed by atoms with Crippen LogP contribution in [-0.4, -0.2) is 15.0 Å². The molecule has 0 unspecified atom stereocenters. The molecule has 0 aliphatic carbocycles. The first kappa shape index (κ1) is 13.0. The van der Waals surface area contributed by atoms with Crippen molar-refractivity contribution in [1.29, 1.82) is 10.5 Å². The Morgan fingerprint density at radius 2 is 2.00 bits per heavy atom. The van der Waals surface area contributed by atoms with E-state index >= 15 is 0 Å². The van der Waals surface area contributed by atoms with Gasteiger partial charge in [-0.3, -0.25) is 0 Å². The number of nitrogens with zero attached hydrogens (tertiary/aromatic N) is 2. The van der Waals surface area contributed by atoms with Crippen LogP contribution in [-0.2, 0) is 10.0 Å². The van der Waals surface area contributed by atoms with Crippen LogP contribution in [0.1, 0.15) is 0 Å². The third-order valence-corrected chi connectivity index (χ3v) is 3.38. The Labute approximate surface area is 99.3 Å². The zero-order valence-corrected chi connectivity index (χ0v) is 9.61. The maximum atomic E-state index is 11.7. The van der Waals surface area contributed by atoms with Crippen molar-refractivity contribution in [2.24, 2.45) is 5.92 Å². The van der Waals surface area contributed by atoms with E-state index < -0.39 is 15.9 Å². The monoisotopic (exact) mass is 250 g/mol. The van der Waals surface area contributed by atoms with Gasteiger partial charge in [-0.05, 0) is 18.2 Å². The number of sulfonamides is 1. The molecule has 1 aromatic carbocycles. The highest BCUT2D eigenvalue weighted by molar-refractivity contribution is 7.89. The summed E-state index contributed by atoms with van der Waals surface area (Å²) in [6.07, 6.45) is 0. The van der Waals surface area contributed by atoms with Crippen LogP contribution in [0.2, 0.25) is 0 Å². The van der Waals surface area contributed by atoms with Crippen molar-refractivity contribution in [3.63, 3.8) is 0 Å². The molecule has 0 radical (unpaired) electrons. The molecule has 0 heterocycles. The van der Waals surface area contributed by atoms with Gasteiger partial charge in [-0.15, -0.1) is 0 Å². The van der Waals surface area contributed by atoms with Crippen LogP contribution in [0.15, 0.2) is 29.2 Å². The van der Waals surface area contributed by atoms with E-state index in [0.717, 1.165) is 0 Å². The zero-order chi connectivity index (χ0) is 12.9. The molecule has 0 aromatic heterocycles. The summed E-state index contributed by atoms with van der Waals surface area (Å²) in [7, 11) is -3.73. The summed E-state index contributed by atoms with van der Waals surface area (Å²) in [6.45, 7) is -0.246. The van der Waals surface area contributed by atoms with Crippen LogP contribution >= 0.6 is 0 Å². The lowest BCUT2D eigenvalue weighted by Gasteiger charge is -2.06. The average Bonchev–Trinajstić information content (AvgIpc) is 2.30. The molecular weight excluding hydrogens is 240 g/mol. The normalized spacial score (nSPS) is 10.8. The third-order valence-electron chi connectivity index (χ3n) is 1.96. The maximum Gasteiger partial charge on any atom is 0.240 e. The van der Waals surface area contributed by atoms with Crippen molar-refractivity contribution >= 4 is 15.7 Å². The third kappa shape index (κ3) is 3.45. The number of nitrogens with two attached hydrogens (primary N) is 1. The number of rotatable bonds is 4. The predicted molar refractivity (Wildman–Crippen MR) is 60.8 cm³/mol. The van der Waals surface area contributed by atoms with Gasteiger partial charge in [0.25, 0.3) is 0 Å². The van der Waals surface area contributed by atoms with E-state index in [-0.39, 0.29) is 11.4 Å². The van der Waals surface area contributed by atoms with E-state index in [0.29, 0.717) is 5.69 Å². The number of anilines is 1. The number of nitriles is 2. The fourth-order valence-electron chi connectivity index (χ4n) is 1.08. The molecule has 0 atom stereocenters. The SMILES string of the molecule is N#CC(C#N)CNS(=O)(=O)c1cccc(N)c1. The van der Waals surface area contributed by atoms with Gasteiger partial charge in [-0.25, -0.2) is 13.1 Å². The summed E-state index contributed by atoms with van der Waals surface area (Å²) in [6, 6.07) is 9.10. The van der Waals surface area contributed by atoms with Gasteiger partial charge in [0.1, 0.15) is 5.92 Å². The first-order chi connectivity index (χ1) is 7.99. The van der Waals surface area contributed by atoms with Gasteiger partial charge >= 0.3 is 0 Å². The second-order valence-corrected chi connectivity index (χ2v) is 5.00. The smallest absolute Gasteiger partial charge is 0.240 e. The number of hydrogen-bond acceptors (Lipinski definition) is 5. The Morgan fingerprint density at radius 3 is 2.53 bits per heavy atom. The molecule has 1 rings (SSSR count). The minimum Gasteiger partial charge on any atom is -0.399 e. The molecule has 88 valence electrons. The van der Waals surface area contributed by atoms with Gasteiger partial charge in [0, 0.05) is 12.2 Å². The van der Waals surface area contributed by atoms with Crippen molar-refractivity contribution in [2.75, 3.05) is 12.3 Å². The van der Waals surface area contributed by atoms with Crippen LogP contribution in [0.4, 0.5) is 5.69 Å². The topological polar surface area (TPSA) is 120 Å². The zero-order valence-electron chi connectivity index (χ0n) is 8.79. The largest absolute Gasteiger partial charge is 0.399 e. The van der Waals surface area contributed by atoms with Crippen molar-refractivity contribution in [1.82, 2.24) is 4.72 Å². The molecule has 3 N–H and O–H groups in total. The summed E-state index contributed by atoms with van der Waals surface area (Å²) in [5, 5.41) is 17.0. The summed E-state index contributed by atoms with van der Waals surface area (Å²) in [5.41, 5.74) is 5.79. The molecule has 17 heavy (non-hydrogen) atoms. The molecule has 0 saturated carbocycles. The lowest BCUT2D eigenvalue weighted by atomic mass is 10.2. The Balaban J connectivity index is 2.85. The number of nitrogens with one attached hydrogen (secondary N) is 1. The van der Waals surface area contributed by atoms with Gasteiger partial charge in [0.05, 0.1) is 17.0 Å². The quantitative estimate of drug-likeness (QED) is 0.740. The van der Waals surface area contributed by atoms with Gasteiger partial charge in [0.2, 0.25) is 10.0 Å². The highest BCUT2D eigenvalue weighted by atomic mass is 32.2. The van der Waals surface area contributed by atoms with Crippen LogP contribution in [0.3, 0.4) is 0 Å². The van der Waals surface area contributed by atoms with Crippen molar-refractivity contribution < 1.29 is 8.42 Å². The summed E-state index contributed by atoms with van der Waals surface area (Å²) in [5.74, 6) is -1.01. The van der Waals surface area contributed by atoms with Crippen LogP contribution < -0.4 is 10.5 Å². The average molecular weight is 250 g/mol. The Morgan fingerprint density at radius 1 is 1.35 bits per heavy atom. The molecule has 7 heteroatoms. The minimum absolute atomic E-state index is 0.00660. The van der Waals surface area contributed by atoms with Gasteiger partial charge in [-0.2, -0.15) is 10.5 Å². The molecule has 0 aliphatic heterocycles. The van der Waals surface area contributed by atoms with Crippen molar-refractivity contribution in [2.45, 2.75) is 4.90 Å². The fraction of sp³-hybridized carbons (Fsp3) is 0.200. The van der Waals surface area contributed by atoms with Gasteiger partial charge < -0.3 is 5.73 Å². The highest BCUT2D eigenvalue weighted by Gasteiger charge is 2.16. The van der Waals surface area contributed by atoms with E-state index in [2.05, 4.69) is 4.72 Å². The van der Waals surface area contributed by atoms with Gasteiger partial charge in [-0.1, -0.05) is 6.07 Å². The second kappa shape index (κ2) is 5.30. The second-order valence-electron chi connectivity index (χ2n) is 3.24. The summed E-state index contributed by atoms with van der Waals surface area (Å²) >= 11 is 0. The Hall–Kier alpha value is -2.09. The highest BCUT2D eigenvalue weighted by Crippen LogP contribution is 2.12. The van der Waals surface area contributed by atoms with Crippen LogP contribution in [0.5, 0.6) is 0 Å². The van der Waals surface area contributed by atoms with Crippen LogP contribution in [0.25, 0.3) is 0 Å². The molecule has 0 saturated heterocycles. The molecule has 0 amide bonds. The van der Waals surface area contributed by atoms with E-state index in [1.807, 2.05) is 0 Å². The maximum absolute atomic E-state index is 11.7. The number of hydrogen-bond donors (Lipinski definition) is 2. The molecule has 0 spiro atoms. The standard InChI is InChI=1S/C10H10N4O2S/c11-5-8(6-12)7-14-17(15,16)10-3-1-2-9(13)4-10/h1-4,8,14H,7,13H2. The van der Waals surface area contributed by atoms with Crippen molar-refractivity contribution in [3.05, 3.63) is 24.3 Å². The minimum atomic E-state index is -3.73. The lowest BCUT2D eigenvalue weighted by molar-refractivity contribution is 0.578. The molecule has 1 aromatic rings. The molecule has 0 aliphatic rings. The molecule has 0 fully saturated rings. The molecule has 6 nitrogen and oxygen atoms in total. The van der Waals surface area contributed by atoms with E-state index in [1.165, 1.54) is 18.2 Å². The number of nitrogen functional groups attached to an aromatic ring is 1. The molecular formula is C10H10N4O2S. The van der Waals surface area contributed by atoms with E-state index in [1.54, 1.807) is 18.2 Å². The first-order valence-corrected chi connectivity index (χ1v) is 6.12. The molecule has 0 bridgehead atoms. The van der Waals surface area contributed by atoms with Crippen LogP contribution in [0, 0.1) is 28.6 Å². The van der Waals surface area contributed by atoms with Crippen molar-refractivity contribution in [3.8, 4) is 12.1 Å². The summed E-state index contributed by atoms with van der Waals surface area (Å²) < 4.78 is 25.6. The first-order valence-electron chi connectivity index (χ1n) is 4.64. The lowest BCUT2D eigenvalue weighted by Crippen LogP contribution is -2.28. The summed E-state index contributed by atoms with van der Waals surface area (Å²) in [4.78, 5) is 0.00660. The van der Waals surface area contributed by atoms with E-state index in [4.69, 9.17) is 16.3 Å².